The van der Waals surface area contributed by atoms with E-state index < -0.39 is 23.7 Å². The Morgan fingerprint density at radius 3 is 2.57 bits per heavy atom. The third-order valence-electron chi connectivity index (χ3n) is 4.06. The second-order valence-corrected chi connectivity index (χ2v) is 5.97. The molecule has 10 heteroatoms. The van der Waals surface area contributed by atoms with E-state index in [1.807, 2.05) is 24.3 Å². The summed E-state index contributed by atoms with van der Waals surface area (Å²) in [5.74, 6) is -2.80. The first-order valence-corrected chi connectivity index (χ1v) is 8.07. The highest BCUT2D eigenvalue weighted by molar-refractivity contribution is 5.76. The van der Waals surface area contributed by atoms with Crippen LogP contribution in [0.5, 0.6) is 6.01 Å². The van der Waals surface area contributed by atoms with Crippen molar-refractivity contribution in [3.05, 3.63) is 59.7 Å². The number of rotatable bonds is 4. The first-order chi connectivity index (χ1) is 13.3. The number of hydrogen-bond acceptors (Lipinski definition) is 5. The van der Waals surface area contributed by atoms with Crippen molar-refractivity contribution in [1.82, 2.24) is 19.7 Å². The first-order valence-electron chi connectivity index (χ1n) is 8.07. The minimum atomic E-state index is -4.79. The Hall–Kier alpha value is -3.43. The standard InChI is InChI=1S/C18H12F4N4O2/c1-26-14-5-3-2-4-13(14)23-17(26)27-9-10-6-7-11(12(19)8-10)15-24-16(28-25-15)18(20,21)22/h2-8H,9H2,1H3. The van der Waals surface area contributed by atoms with Gasteiger partial charge in [0, 0.05) is 7.05 Å². The molecular formula is C18H12F4N4O2. The molecule has 0 spiro atoms. The topological polar surface area (TPSA) is 66.0 Å². The average molecular weight is 392 g/mol. The van der Waals surface area contributed by atoms with Crippen LogP contribution in [0, 0.1) is 5.82 Å². The van der Waals surface area contributed by atoms with Crippen LogP contribution in [0.2, 0.25) is 0 Å². The molecule has 2 aromatic heterocycles. The summed E-state index contributed by atoms with van der Waals surface area (Å²) in [5, 5.41) is 3.18. The van der Waals surface area contributed by atoms with Crippen molar-refractivity contribution in [2.75, 3.05) is 0 Å². The van der Waals surface area contributed by atoms with Gasteiger partial charge in [-0.3, -0.25) is 4.57 Å². The van der Waals surface area contributed by atoms with Crippen molar-refractivity contribution in [3.8, 4) is 17.4 Å². The fourth-order valence-corrected chi connectivity index (χ4v) is 2.68. The maximum Gasteiger partial charge on any atom is 0.471 e. The number of halogens is 4. The van der Waals surface area contributed by atoms with E-state index in [0.717, 1.165) is 17.1 Å². The number of imidazole rings is 1. The average Bonchev–Trinajstić information content (AvgIpc) is 3.26. The van der Waals surface area contributed by atoms with E-state index in [0.29, 0.717) is 11.6 Å². The van der Waals surface area contributed by atoms with Crippen molar-refractivity contribution < 1.29 is 26.8 Å². The molecule has 0 aliphatic heterocycles. The van der Waals surface area contributed by atoms with Gasteiger partial charge in [0.1, 0.15) is 12.4 Å². The summed E-state index contributed by atoms with van der Waals surface area (Å²) < 4.78 is 63.5. The van der Waals surface area contributed by atoms with Gasteiger partial charge in [-0.25, -0.2) is 4.39 Å². The summed E-state index contributed by atoms with van der Waals surface area (Å²) in [7, 11) is 1.79. The lowest BCUT2D eigenvalue weighted by Gasteiger charge is -2.07. The highest BCUT2D eigenvalue weighted by Crippen LogP contribution is 2.30. The molecule has 0 fully saturated rings. The number of nitrogens with zero attached hydrogens (tertiary/aromatic N) is 4. The van der Waals surface area contributed by atoms with Crippen LogP contribution >= 0.6 is 0 Å². The highest BCUT2D eigenvalue weighted by atomic mass is 19.4. The number of fused-ring (bicyclic) bond motifs is 1. The monoisotopic (exact) mass is 392 g/mol. The number of benzene rings is 2. The van der Waals surface area contributed by atoms with Gasteiger partial charge in [-0.15, -0.1) is 0 Å². The SMILES string of the molecule is Cn1c(OCc2ccc(-c3noc(C(F)(F)F)n3)c(F)c2)nc2ccccc21. The minimum absolute atomic E-state index is 0.0222. The Morgan fingerprint density at radius 2 is 1.89 bits per heavy atom. The van der Waals surface area contributed by atoms with Crippen molar-refractivity contribution >= 4 is 11.0 Å². The molecular weight excluding hydrogens is 380 g/mol. The Balaban J connectivity index is 1.53. The molecule has 0 atom stereocenters. The van der Waals surface area contributed by atoms with E-state index in [2.05, 4.69) is 19.6 Å². The van der Waals surface area contributed by atoms with E-state index in [9.17, 15) is 17.6 Å². The second kappa shape index (κ2) is 6.63. The van der Waals surface area contributed by atoms with Gasteiger partial charge >= 0.3 is 12.1 Å². The van der Waals surface area contributed by atoms with E-state index in [1.54, 1.807) is 11.6 Å². The Bertz CT molecular complexity index is 1150. The molecule has 6 nitrogen and oxygen atoms in total. The van der Waals surface area contributed by atoms with Crippen LogP contribution in [0.25, 0.3) is 22.4 Å². The predicted molar refractivity (Wildman–Crippen MR) is 89.7 cm³/mol. The first kappa shape index (κ1) is 18.0. The zero-order valence-electron chi connectivity index (χ0n) is 14.4. The molecule has 0 aliphatic rings. The normalized spacial score (nSPS) is 11.9. The minimum Gasteiger partial charge on any atom is -0.460 e. The van der Waals surface area contributed by atoms with E-state index >= 15 is 0 Å². The summed E-state index contributed by atoms with van der Waals surface area (Å²) in [4.78, 5) is 7.53. The van der Waals surface area contributed by atoms with Gasteiger partial charge in [0.2, 0.25) is 5.82 Å². The van der Waals surface area contributed by atoms with Crippen molar-refractivity contribution in [3.63, 3.8) is 0 Å². The lowest BCUT2D eigenvalue weighted by atomic mass is 10.1. The predicted octanol–water partition coefficient (Wildman–Crippen LogP) is 4.36. The number of para-hydroxylation sites is 2. The fourth-order valence-electron chi connectivity index (χ4n) is 2.68. The molecule has 28 heavy (non-hydrogen) atoms. The molecule has 0 radical (unpaired) electrons. The third kappa shape index (κ3) is 3.28. The lowest BCUT2D eigenvalue weighted by molar-refractivity contribution is -0.159. The van der Waals surface area contributed by atoms with Crippen molar-refractivity contribution in [2.24, 2.45) is 7.05 Å². The molecule has 0 bridgehead atoms. The summed E-state index contributed by atoms with van der Waals surface area (Å²) in [6, 6.07) is 11.7. The number of alkyl halides is 3. The summed E-state index contributed by atoms with van der Waals surface area (Å²) >= 11 is 0. The second-order valence-electron chi connectivity index (χ2n) is 5.97. The number of ether oxygens (including phenoxy) is 1. The quantitative estimate of drug-likeness (QED) is 0.483. The Kier molecular flexibility index (Phi) is 4.25. The summed E-state index contributed by atoms with van der Waals surface area (Å²) in [5.41, 5.74) is 1.91. The van der Waals surface area contributed by atoms with Gasteiger partial charge in [0.15, 0.2) is 0 Å². The molecule has 144 valence electrons. The van der Waals surface area contributed by atoms with Gasteiger partial charge < -0.3 is 9.26 Å². The van der Waals surface area contributed by atoms with Gasteiger partial charge in [-0.1, -0.05) is 23.4 Å². The maximum atomic E-state index is 14.3. The highest BCUT2D eigenvalue weighted by Gasteiger charge is 2.38. The van der Waals surface area contributed by atoms with Crippen LogP contribution in [-0.4, -0.2) is 19.7 Å². The Labute approximate surface area is 155 Å². The van der Waals surface area contributed by atoms with Gasteiger partial charge in [-0.05, 0) is 29.8 Å². The zero-order valence-corrected chi connectivity index (χ0v) is 14.4. The molecule has 4 aromatic rings. The van der Waals surface area contributed by atoms with Crippen LogP contribution in [-0.2, 0) is 19.8 Å². The van der Waals surface area contributed by atoms with Gasteiger partial charge in [-0.2, -0.15) is 23.1 Å². The van der Waals surface area contributed by atoms with Crippen molar-refractivity contribution in [2.45, 2.75) is 12.8 Å². The lowest BCUT2D eigenvalue weighted by Crippen LogP contribution is -2.05. The molecule has 4 rings (SSSR count). The van der Waals surface area contributed by atoms with E-state index in [-0.39, 0.29) is 12.2 Å². The largest absolute Gasteiger partial charge is 0.471 e. The van der Waals surface area contributed by atoms with Crippen LogP contribution in [0.15, 0.2) is 47.0 Å². The van der Waals surface area contributed by atoms with Gasteiger partial charge in [0.05, 0.1) is 16.6 Å². The fraction of sp³-hybridized carbons (Fsp3) is 0.167. The van der Waals surface area contributed by atoms with Gasteiger partial charge in [0.25, 0.3) is 6.01 Å². The number of aryl methyl sites for hydroxylation is 1. The molecule has 0 unspecified atom stereocenters. The maximum absolute atomic E-state index is 14.3. The van der Waals surface area contributed by atoms with Crippen LogP contribution in [0.4, 0.5) is 17.6 Å². The molecule has 0 amide bonds. The number of hydrogen-bond donors (Lipinski definition) is 0. The zero-order chi connectivity index (χ0) is 19.9. The molecule has 2 aromatic carbocycles. The third-order valence-corrected chi connectivity index (χ3v) is 4.06. The summed E-state index contributed by atoms with van der Waals surface area (Å²) in [6.45, 7) is 0.0222. The molecule has 0 aliphatic carbocycles. The molecule has 0 N–H and O–H groups in total. The number of aromatic nitrogens is 4. The van der Waals surface area contributed by atoms with Crippen LogP contribution < -0.4 is 4.74 Å². The van der Waals surface area contributed by atoms with Crippen LogP contribution in [0.3, 0.4) is 0 Å². The summed E-state index contributed by atoms with van der Waals surface area (Å²) in [6.07, 6.45) is -4.79. The Morgan fingerprint density at radius 1 is 1.11 bits per heavy atom. The molecule has 0 saturated heterocycles. The molecule has 0 saturated carbocycles. The van der Waals surface area contributed by atoms with Crippen LogP contribution in [0.1, 0.15) is 11.5 Å². The smallest absolute Gasteiger partial charge is 0.460 e. The molecule has 2 heterocycles. The van der Waals surface area contributed by atoms with E-state index in [4.69, 9.17) is 4.74 Å². The van der Waals surface area contributed by atoms with E-state index in [1.165, 1.54) is 12.1 Å². The van der Waals surface area contributed by atoms with Crippen molar-refractivity contribution in [1.29, 1.82) is 0 Å².